The topological polar surface area (TPSA) is 154 Å². The number of benzene rings is 3. The molecule has 6 aromatic rings. The van der Waals surface area contributed by atoms with Gasteiger partial charge in [0.05, 0.1) is 121 Å². The number of halogens is 2. The van der Waals surface area contributed by atoms with Gasteiger partial charge < -0.3 is 47.2 Å². The van der Waals surface area contributed by atoms with Crippen LogP contribution < -0.4 is 14.4 Å². The molecule has 0 N–H and O–H groups in total. The summed E-state index contributed by atoms with van der Waals surface area (Å²) >= 11 is 12.0. The fourth-order valence-corrected chi connectivity index (χ4v) is 9.56. The smallest absolute Gasteiger partial charge is 0.337 e. The first kappa shape index (κ1) is 43.4. The number of methoxy groups -OCH3 is 2. The monoisotopic (exact) mass is 925 g/mol. The van der Waals surface area contributed by atoms with Gasteiger partial charge in [0.15, 0.2) is 11.5 Å². The number of fused-ring (bicyclic) bond motifs is 4. The number of piperazine rings is 1. The number of aromatic nitrogens is 5. The number of rotatable bonds is 11. The average Bonchev–Trinajstić information content (AvgIpc) is 4.09. The zero-order chi connectivity index (χ0) is 44.8. The van der Waals surface area contributed by atoms with E-state index in [2.05, 4.69) is 30.4 Å². The molecule has 65 heavy (non-hydrogen) atoms. The number of pyridine rings is 1. The van der Waals surface area contributed by atoms with Gasteiger partial charge in [0.25, 0.3) is 5.79 Å². The molecule has 340 valence electrons. The Labute approximate surface area is 385 Å². The normalized spacial score (nSPS) is 23.4. The number of imidazole rings is 2. The van der Waals surface area contributed by atoms with Gasteiger partial charge in [-0.3, -0.25) is 9.88 Å². The zero-order valence-electron chi connectivity index (χ0n) is 36.3. The van der Waals surface area contributed by atoms with Crippen molar-refractivity contribution in [2.45, 2.75) is 75.4 Å². The number of hydrogen-bond acceptors (Lipinski definition) is 14. The van der Waals surface area contributed by atoms with Crippen LogP contribution in [0.25, 0.3) is 22.1 Å². The van der Waals surface area contributed by atoms with E-state index in [1.54, 1.807) is 30.5 Å². The van der Waals surface area contributed by atoms with Crippen molar-refractivity contribution in [3.05, 3.63) is 106 Å². The van der Waals surface area contributed by atoms with E-state index < -0.39 is 5.79 Å². The van der Waals surface area contributed by atoms with Crippen LogP contribution in [0.4, 0.5) is 5.69 Å². The number of carbonyl (C=O) groups excluding carboxylic acids is 2. The molecule has 18 heteroatoms. The molecule has 4 fully saturated rings. The summed E-state index contributed by atoms with van der Waals surface area (Å²) in [6.45, 7) is 8.33. The van der Waals surface area contributed by atoms with Crippen LogP contribution in [-0.4, -0.2) is 119 Å². The molecular weight excluding hydrogens is 877 g/mol. The molecule has 0 aliphatic carbocycles. The highest BCUT2D eigenvalue weighted by Crippen LogP contribution is 2.50. The maximum absolute atomic E-state index is 12.3. The maximum Gasteiger partial charge on any atom is 0.337 e. The van der Waals surface area contributed by atoms with Crippen LogP contribution >= 0.6 is 23.2 Å². The second-order valence-corrected chi connectivity index (χ2v) is 17.5. The van der Waals surface area contributed by atoms with Gasteiger partial charge >= 0.3 is 11.9 Å². The Morgan fingerprint density at radius 1 is 0.800 bits per heavy atom. The summed E-state index contributed by atoms with van der Waals surface area (Å²) in [4.78, 5) is 42.8. The standard InChI is InChI=1S/C33H34ClN5O6.C14H15ClN2O3/c1-33(29-9-7-21(34)15-35-29)44-28-5-3-4-24(31(28)45-33)38-12-11-37(26-18-42-19-27(26)38)17-30-36-23-8-6-20(32(40)41-2)14-25(23)39(30)16-22-10-13-43-22;1-19-14(18)9-2-3-11-12(6-9)17(13(7-15)16-11)8-10-4-5-20-10/h3-9,14-15,22,26-27H,10-13,16-19H2,1-2H3;2-3,6,10H,4-5,7-8H2,1H3/t22-,26+,27-,33?;10-/m00/s1. The second kappa shape index (κ2) is 18.1. The number of nitrogens with zero attached hydrogens (tertiary/aromatic N) is 7. The van der Waals surface area contributed by atoms with Crippen molar-refractivity contribution < 1.29 is 42.7 Å². The molecule has 0 radical (unpaired) electrons. The minimum atomic E-state index is -1.06. The fourth-order valence-electron chi connectivity index (χ4n) is 9.24. The number of ether oxygens (including phenoxy) is 7. The van der Waals surface area contributed by atoms with Crippen molar-refractivity contribution in [2.75, 3.05) is 58.6 Å². The largest absolute Gasteiger partial charge is 0.465 e. The molecule has 1 unspecified atom stereocenters. The SMILES string of the molecule is COC(=O)c1ccc2nc(CCl)n(C[C@@H]3CCO3)c2c1.COC(=O)c1ccc2nc(CN3CCN(c4cccc5c4OC(C)(c4ccc(Cl)cn4)O5)[C@H]4COC[C@H]43)n(C[C@@H]3CCO3)c2c1. The number of esters is 2. The van der Waals surface area contributed by atoms with Gasteiger partial charge in [-0.1, -0.05) is 17.7 Å². The molecule has 0 amide bonds. The van der Waals surface area contributed by atoms with Crippen LogP contribution in [0.3, 0.4) is 0 Å². The number of hydrogen-bond donors (Lipinski definition) is 0. The van der Waals surface area contributed by atoms with E-state index in [0.29, 0.717) is 72.1 Å². The van der Waals surface area contributed by atoms with E-state index in [1.807, 2.05) is 47.9 Å². The predicted molar refractivity (Wildman–Crippen MR) is 241 cm³/mol. The summed E-state index contributed by atoms with van der Waals surface area (Å²) in [5.74, 6) is 1.68. The van der Waals surface area contributed by atoms with Crippen molar-refractivity contribution in [1.82, 2.24) is 29.0 Å². The third kappa shape index (κ3) is 8.36. The highest BCUT2D eigenvalue weighted by atomic mass is 35.5. The van der Waals surface area contributed by atoms with Crippen LogP contribution in [0.1, 0.15) is 57.8 Å². The Hall–Kier alpha value is -5.49. The van der Waals surface area contributed by atoms with E-state index in [1.165, 1.54) is 14.2 Å². The van der Waals surface area contributed by atoms with Crippen molar-refractivity contribution in [1.29, 1.82) is 0 Å². The third-order valence-corrected chi connectivity index (χ3v) is 13.4. The summed E-state index contributed by atoms with van der Waals surface area (Å²) in [6.07, 6.45) is 3.99. The second-order valence-electron chi connectivity index (χ2n) is 16.8. The summed E-state index contributed by atoms with van der Waals surface area (Å²) in [6, 6.07) is 20.8. The molecular formula is C47H49Cl2N7O9. The lowest BCUT2D eigenvalue weighted by molar-refractivity contribution is -0.0716. The number of alkyl halides is 1. The molecule has 4 saturated heterocycles. The lowest BCUT2D eigenvalue weighted by Crippen LogP contribution is -2.59. The van der Waals surface area contributed by atoms with Crippen molar-refractivity contribution >= 4 is 62.9 Å². The van der Waals surface area contributed by atoms with Gasteiger partial charge in [-0.25, -0.2) is 19.6 Å². The minimum Gasteiger partial charge on any atom is -0.465 e. The van der Waals surface area contributed by atoms with Crippen LogP contribution in [0.2, 0.25) is 5.02 Å². The Morgan fingerprint density at radius 3 is 2.02 bits per heavy atom. The van der Waals surface area contributed by atoms with Gasteiger partial charge in [-0.05, 0) is 73.5 Å². The third-order valence-electron chi connectivity index (χ3n) is 12.9. The number of para-hydroxylation sites is 1. The molecule has 11 rings (SSSR count). The highest BCUT2D eigenvalue weighted by Gasteiger charge is 2.46. The average molecular weight is 927 g/mol. The number of anilines is 1. The number of carbonyl (C=O) groups is 2. The van der Waals surface area contributed by atoms with Gasteiger partial charge in [-0.15, -0.1) is 11.6 Å². The molecule has 3 aromatic heterocycles. The Bertz CT molecular complexity index is 2740. The molecule has 5 atom stereocenters. The van der Waals surface area contributed by atoms with Crippen molar-refractivity contribution in [2.24, 2.45) is 0 Å². The van der Waals surface area contributed by atoms with Gasteiger partial charge in [0, 0.05) is 39.4 Å². The van der Waals surface area contributed by atoms with Crippen molar-refractivity contribution in [3.63, 3.8) is 0 Å². The van der Waals surface area contributed by atoms with Gasteiger partial charge in [0.1, 0.15) is 17.3 Å². The molecule has 0 bridgehead atoms. The molecule has 8 heterocycles. The van der Waals surface area contributed by atoms with E-state index in [0.717, 1.165) is 78.5 Å². The summed E-state index contributed by atoms with van der Waals surface area (Å²) < 4.78 is 44.2. The molecule has 0 spiro atoms. The molecule has 16 nitrogen and oxygen atoms in total. The van der Waals surface area contributed by atoms with Crippen LogP contribution in [0, 0.1) is 0 Å². The first-order chi connectivity index (χ1) is 31.6. The van der Waals surface area contributed by atoms with Crippen LogP contribution in [-0.2, 0) is 55.0 Å². The van der Waals surface area contributed by atoms with Crippen LogP contribution in [0.5, 0.6) is 11.5 Å². The molecule has 3 aromatic carbocycles. The lowest BCUT2D eigenvalue weighted by atomic mass is 10.0. The van der Waals surface area contributed by atoms with Gasteiger partial charge in [0.2, 0.25) is 0 Å². The fraction of sp³-hybridized carbons (Fsp3) is 0.426. The Balaban J connectivity index is 0.000000208. The Kier molecular flexibility index (Phi) is 12.1. The Morgan fingerprint density at radius 2 is 1.43 bits per heavy atom. The first-order valence-electron chi connectivity index (χ1n) is 21.8. The highest BCUT2D eigenvalue weighted by molar-refractivity contribution is 6.30. The molecule has 5 aliphatic heterocycles. The minimum absolute atomic E-state index is 0.119. The summed E-state index contributed by atoms with van der Waals surface area (Å²) in [5, 5.41) is 0.557. The van der Waals surface area contributed by atoms with Crippen LogP contribution in [0.15, 0.2) is 72.9 Å². The van der Waals surface area contributed by atoms with Gasteiger partial charge in [-0.2, -0.15) is 0 Å². The summed E-state index contributed by atoms with van der Waals surface area (Å²) in [7, 11) is 2.77. The van der Waals surface area contributed by atoms with Crippen molar-refractivity contribution in [3.8, 4) is 11.5 Å². The lowest BCUT2D eigenvalue weighted by Gasteiger charge is -2.44. The van der Waals surface area contributed by atoms with E-state index in [9.17, 15) is 9.59 Å². The van der Waals surface area contributed by atoms with E-state index in [-0.39, 0.29) is 36.2 Å². The molecule has 5 aliphatic rings. The van der Waals surface area contributed by atoms with E-state index in [4.69, 9.17) is 61.3 Å². The molecule has 0 saturated carbocycles. The predicted octanol–water partition coefficient (Wildman–Crippen LogP) is 6.74. The first-order valence-corrected chi connectivity index (χ1v) is 22.7. The van der Waals surface area contributed by atoms with E-state index >= 15 is 0 Å². The summed E-state index contributed by atoms with van der Waals surface area (Å²) in [5.41, 5.74) is 6.13. The zero-order valence-corrected chi connectivity index (χ0v) is 37.8. The maximum atomic E-state index is 12.3. The quantitative estimate of drug-likeness (QED) is 0.0995.